The van der Waals surface area contributed by atoms with Crippen molar-refractivity contribution in [1.82, 2.24) is 4.90 Å². The predicted molar refractivity (Wildman–Crippen MR) is 121 cm³/mol. The molecule has 156 valence electrons. The quantitative estimate of drug-likeness (QED) is 0.360. The highest BCUT2D eigenvalue weighted by molar-refractivity contribution is 6.30. The van der Waals surface area contributed by atoms with Gasteiger partial charge in [-0.15, -0.1) is 0 Å². The molecule has 0 heterocycles. The summed E-state index contributed by atoms with van der Waals surface area (Å²) in [4.78, 5) is 26.8. The van der Waals surface area contributed by atoms with E-state index in [1.807, 2.05) is 44.4 Å². The third-order valence-electron chi connectivity index (χ3n) is 4.99. The lowest BCUT2D eigenvalue weighted by molar-refractivity contribution is -0.129. The highest BCUT2D eigenvalue weighted by atomic mass is 35.5. The minimum atomic E-state index is -0.454. The Kier molecular flexibility index (Phi) is 7.61. The van der Waals surface area contributed by atoms with Crippen LogP contribution in [-0.4, -0.2) is 37.3 Å². The van der Waals surface area contributed by atoms with Crippen LogP contribution >= 0.6 is 11.6 Å². The first-order chi connectivity index (χ1) is 14.4. The largest absolute Gasteiger partial charge is 0.423 e. The molecule has 3 rings (SSSR count). The first kappa shape index (κ1) is 22.0. The lowest BCUT2D eigenvalue weighted by Crippen LogP contribution is -2.31. The normalized spacial score (nSPS) is 18.3. The number of rotatable bonds is 6. The molecule has 0 amide bonds. The highest BCUT2D eigenvalue weighted by Crippen LogP contribution is 2.27. The van der Waals surface area contributed by atoms with Gasteiger partial charge < -0.3 is 9.64 Å². The lowest BCUT2D eigenvalue weighted by Gasteiger charge is -2.25. The summed E-state index contributed by atoms with van der Waals surface area (Å²) in [6.07, 6.45) is 7.81. The minimum absolute atomic E-state index is 0.0765. The molecule has 1 atom stereocenters. The van der Waals surface area contributed by atoms with Crippen LogP contribution < -0.4 is 4.74 Å². The summed E-state index contributed by atoms with van der Waals surface area (Å²) in [6.45, 7) is 0.786. The number of hydrogen-bond acceptors (Lipinski definition) is 4. The van der Waals surface area contributed by atoms with Crippen molar-refractivity contribution >= 4 is 35.5 Å². The number of halogens is 1. The van der Waals surface area contributed by atoms with Crippen molar-refractivity contribution in [2.24, 2.45) is 5.92 Å². The number of carbonyl (C=O) groups is 2. The molecule has 0 saturated heterocycles. The number of hydrogen-bond donors (Lipinski definition) is 0. The van der Waals surface area contributed by atoms with Gasteiger partial charge in [-0.3, -0.25) is 4.79 Å². The van der Waals surface area contributed by atoms with E-state index in [4.69, 9.17) is 16.3 Å². The molecule has 2 aromatic rings. The fourth-order valence-electron chi connectivity index (χ4n) is 3.54. The van der Waals surface area contributed by atoms with Crippen LogP contribution in [0.5, 0.6) is 5.75 Å². The van der Waals surface area contributed by atoms with Crippen LogP contribution in [0.2, 0.25) is 5.02 Å². The van der Waals surface area contributed by atoms with Gasteiger partial charge in [0, 0.05) is 23.6 Å². The van der Waals surface area contributed by atoms with Crippen molar-refractivity contribution in [1.29, 1.82) is 0 Å². The van der Waals surface area contributed by atoms with Gasteiger partial charge in [0.15, 0.2) is 5.78 Å². The van der Waals surface area contributed by atoms with E-state index in [-0.39, 0.29) is 11.7 Å². The van der Waals surface area contributed by atoms with Crippen LogP contribution in [0.1, 0.15) is 30.4 Å². The van der Waals surface area contributed by atoms with E-state index in [1.54, 1.807) is 30.3 Å². The first-order valence-corrected chi connectivity index (χ1v) is 10.4. The topological polar surface area (TPSA) is 46.6 Å². The van der Waals surface area contributed by atoms with Crippen LogP contribution in [0, 0.1) is 5.92 Å². The average molecular weight is 424 g/mol. The number of benzene rings is 2. The molecule has 2 aromatic carbocycles. The molecule has 0 radical (unpaired) electrons. The summed E-state index contributed by atoms with van der Waals surface area (Å²) >= 11 is 5.85. The van der Waals surface area contributed by atoms with Crippen LogP contribution in [0.3, 0.4) is 0 Å². The Morgan fingerprint density at radius 3 is 2.43 bits per heavy atom. The maximum atomic E-state index is 12.7. The molecule has 1 unspecified atom stereocenters. The second-order valence-electron chi connectivity index (χ2n) is 7.76. The average Bonchev–Trinajstić information content (AvgIpc) is 2.72. The molecule has 0 aromatic heterocycles. The van der Waals surface area contributed by atoms with Crippen molar-refractivity contribution in [2.75, 3.05) is 20.6 Å². The molecule has 0 N–H and O–H groups in total. The third-order valence-corrected chi connectivity index (χ3v) is 5.24. The van der Waals surface area contributed by atoms with Gasteiger partial charge in [0.25, 0.3) is 0 Å². The predicted octanol–water partition coefficient (Wildman–Crippen LogP) is 5.27. The van der Waals surface area contributed by atoms with Gasteiger partial charge in [0.2, 0.25) is 0 Å². The van der Waals surface area contributed by atoms with Gasteiger partial charge in [-0.05, 0) is 86.5 Å². The van der Waals surface area contributed by atoms with Crippen molar-refractivity contribution < 1.29 is 14.3 Å². The highest BCUT2D eigenvalue weighted by Gasteiger charge is 2.26. The Morgan fingerprint density at radius 1 is 1.10 bits per heavy atom. The standard InChI is InChI=1S/C25H26ClNO3/c1-27(2)17-21-5-3-4-20(25(21)29)16-19-8-13-23(14-9-19)30-24(28)15-10-18-6-11-22(26)12-7-18/h6-16,21H,3-5,17H2,1-2H3/b15-10+,20-16+. The SMILES string of the molecule is CN(C)CC1CCC/C(=C\c2ccc(OC(=O)/C=C/c3ccc(Cl)cc3)cc2)C1=O. The number of Topliss-reactive ketones (excluding diaryl/α,β-unsaturated/α-hetero) is 1. The summed E-state index contributed by atoms with van der Waals surface area (Å²) < 4.78 is 5.34. The summed E-state index contributed by atoms with van der Waals surface area (Å²) in [7, 11) is 3.99. The van der Waals surface area contributed by atoms with E-state index < -0.39 is 5.97 Å². The Bertz CT molecular complexity index is 943. The molecule has 0 spiro atoms. The molecule has 1 aliphatic rings. The number of ether oxygens (including phenoxy) is 1. The number of ketones is 1. The molecule has 1 saturated carbocycles. The van der Waals surface area contributed by atoms with E-state index in [0.29, 0.717) is 10.8 Å². The Balaban J connectivity index is 1.60. The van der Waals surface area contributed by atoms with Gasteiger partial charge in [-0.1, -0.05) is 35.9 Å². The van der Waals surface area contributed by atoms with Crippen LogP contribution in [0.25, 0.3) is 12.2 Å². The molecule has 30 heavy (non-hydrogen) atoms. The number of esters is 1. The van der Waals surface area contributed by atoms with E-state index in [2.05, 4.69) is 4.90 Å². The van der Waals surface area contributed by atoms with E-state index in [1.165, 1.54) is 6.08 Å². The monoisotopic (exact) mass is 423 g/mol. The Labute approximate surface area is 182 Å². The van der Waals surface area contributed by atoms with Crippen molar-refractivity contribution in [2.45, 2.75) is 19.3 Å². The van der Waals surface area contributed by atoms with Gasteiger partial charge in [-0.25, -0.2) is 4.79 Å². The van der Waals surface area contributed by atoms with Crippen LogP contribution in [-0.2, 0) is 9.59 Å². The van der Waals surface area contributed by atoms with E-state index >= 15 is 0 Å². The number of nitrogens with zero attached hydrogens (tertiary/aromatic N) is 1. The summed E-state index contributed by atoms with van der Waals surface area (Å²) in [5.74, 6) is 0.332. The van der Waals surface area contributed by atoms with Crippen molar-refractivity contribution in [3.63, 3.8) is 0 Å². The van der Waals surface area contributed by atoms with Crippen molar-refractivity contribution in [3.05, 3.63) is 76.3 Å². The zero-order chi connectivity index (χ0) is 21.5. The second-order valence-corrected chi connectivity index (χ2v) is 8.20. The molecule has 5 heteroatoms. The van der Waals surface area contributed by atoms with Gasteiger partial charge in [0.1, 0.15) is 5.75 Å². The summed E-state index contributed by atoms with van der Waals surface area (Å²) in [5.41, 5.74) is 2.67. The van der Waals surface area contributed by atoms with Crippen LogP contribution in [0.15, 0.2) is 60.2 Å². The van der Waals surface area contributed by atoms with Gasteiger partial charge in [-0.2, -0.15) is 0 Å². The Hall–Kier alpha value is -2.69. The van der Waals surface area contributed by atoms with Crippen molar-refractivity contribution in [3.8, 4) is 5.75 Å². The molecule has 0 bridgehead atoms. The van der Waals surface area contributed by atoms with E-state index in [0.717, 1.165) is 42.5 Å². The fourth-order valence-corrected chi connectivity index (χ4v) is 3.66. The molecule has 1 aliphatic carbocycles. The molecule has 0 aliphatic heterocycles. The molecule has 4 nitrogen and oxygen atoms in total. The maximum absolute atomic E-state index is 12.7. The zero-order valence-electron chi connectivity index (χ0n) is 17.3. The summed E-state index contributed by atoms with van der Waals surface area (Å²) in [6, 6.07) is 14.4. The molecular weight excluding hydrogens is 398 g/mol. The maximum Gasteiger partial charge on any atom is 0.336 e. The summed E-state index contributed by atoms with van der Waals surface area (Å²) in [5, 5.41) is 0.646. The lowest BCUT2D eigenvalue weighted by atomic mass is 9.83. The third kappa shape index (κ3) is 6.41. The second kappa shape index (κ2) is 10.4. The van der Waals surface area contributed by atoms with Crippen LogP contribution in [0.4, 0.5) is 0 Å². The molecular formula is C25H26ClNO3. The van der Waals surface area contributed by atoms with Gasteiger partial charge in [0.05, 0.1) is 0 Å². The molecule has 1 fully saturated rings. The van der Waals surface area contributed by atoms with Gasteiger partial charge >= 0.3 is 5.97 Å². The number of allylic oxidation sites excluding steroid dienone is 1. The Morgan fingerprint density at radius 2 is 1.77 bits per heavy atom. The number of carbonyl (C=O) groups excluding carboxylic acids is 2. The van der Waals surface area contributed by atoms with E-state index in [9.17, 15) is 9.59 Å². The first-order valence-electron chi connectivity index (χ1n) is 10.1. The fraction of sp³-hybridized carbons (Fsp3) is 0.280. The minimum Gasteiger partial charge on any atom is -0.423 e. The zero-order valence-corrected chi connectivity index (χ0v) is 18.1. The smallest absolute Gasteiger partial charge is 0.336 e.